The van der Waals surface area contributed by atoms with Crippen LogP contribution in [-0.2, 0) is 18.2 Å². The Morgan fingerprint density at radius 3 is 2.50 bits per heavy atom. The van der Waals surface area contributed by atoms with Gasteiger partial charge in [-0.15, -0.1) is 24.0 Å². The third-order valence-corrected chi connectivity index (χ3v) is 5.85. The number of guanidine groups is 1. The number of ether oxygens (including phenoxy) is 1. The van der Waals surface area contributed by atoms with Crippen molar-refractivity contribution in [2.45, 2.75) is 78.4 Å². The zero-order valence-electron chi connectivity index (χ0n) is 20.9. The monoisotopic (exact) mass is 562 g/mol. The van der Waals surface area contributed by atoms with Crippen molar-refractivity contribution in [2.24, 2.45) is 18.0 Å². The molecule has 1 aliphatic rings. The van der Waals surface area contributed by atoms with E-state index in [2.05, 4.69) is 47.6 Å². The zero-order valence-corrected chi connectivity index (χ0v) is 23.2. The quantitative estimate of drug-likeness (QED) is 0.285. The summed E-state index contributed by atoms with van der Waals surface area (Å²) in [6.45, 7) is 15.2. The summed E-state index contributed by atoms with van der Waals surface area (Å²) in [5.41, 5.74) is 0.348. The van der Waals surface area contributed by atoms with E-state index in [4.69, 9.17) is 9.73 Å². The van der Waals surface area contributed by atoms with Crippen molar-refractivity contribution in [3.8, 4) is 0 Å². The van der Waals surface area contributed by atoms with Gasteiger partial charge >= 0.3 is 6.09 Å². The van der Waals surface area contributed by atoms with Crippen LogP contribution in [0.15, 0.2) is 17.4 Å². The van der Waals surface area contributed by atoms with Gasteiger partial charge in [0.15, 0.2) is 5.96 Å². The van der Waals surface area contributed by atoms with E-state index in [-0.39, 0.29) is 30.1 Å². The molecule has 2 heterocycles. The second-order valence-electron chi connectivity index (χ2n) is 9.61. The van der Waals surface area contributed by atoms with Crippen LogP contribution in [0.25, 0.3) is 0 Å². The summed E-state index contributed by atoms with van der Waals surface area (Å²) in [5, 5.41) is 10.8. The molecule has 0 spiro atoms. The van der Waals surface area contributed by atoms with Gasteiger partial charge in [0.25, 0.3) is 0 Å². The van der Waals surface area contributed by atoms with Crippen LogP contribution in [-0.4, -0.2) is 64.1 Å². The molecular weight excluding hydrogens is 519 g/mol. The summed E-state index contributed by atoms with van der Waals surface area (Å²) in [5.74, 6) is 1.52. The van der Waals surface area contributed by atoms with Crippen molar-refractivity contribution in [1.82, 2.24) is 25.3 Å². The van der Waals surface area contributed by atoms with Crippen LogP contribution < -0.4 is 10.6 Å². The van der Waals surface area contributed by atoms with Gasteiger partial charge in [-0.1, -0.05) is 13.8 Å². The van der Waals surface area contributed by atoms with E-state index in [1.54, 1.807) is 0 Å². The topological polar surface area (TPSA) is 83.8 Å². The standard InChI is InChI=1S/C23H42N6O2.HI/c1-8-23(9-2,27-21(30)31-22(4,5)6)17-25-20(24-10-3)29-12-11-18(16-29)13-19-14-26-28(7)15-19;/h14-15,18H,8-13,16-17H2,1-7H3,(H,24,25)(H,27,30);1H. The second kappa shape index (κ2) is 12.6. The van der Waals surface area contributed by atoms with Crippen molar-refractivity contribution < 1.29 is 9.53 Å². The molecule has 2 N–H and O–H groups in total. The summed E-state index contributed by atoms with van der Waals surface area (Å²) >= 11 is 0. The minimum Gasteiger partial charge on any atom is -0.444 e. The van der Waals surface area contributed by atoms with Crippen LogP contribution in [0.2, 0.25) is 0 Å². The maximum absolute atomic E-state index is 12.4. The van der Waals surface area contributed by atoms with Crippen LogP contribution in [0.4, 0.5) is 4.79 Å². The van der Waals surface area contributed by atoms with E-state index in [0.29, 0.717) is 12.5 Å². The lowest BCUT2D eigenvalue weighted by Crippen LogP contribution is -2.52. The Balaban J connectivity index is 0.00000512. The van der Waals surface area contributed by atoms with E-state index >= 15 is 0 Å². The number of carbonyl (C=O) groups is 1. The predicted molar refractivity (Wildman–Crippen MR) is 141 cm³/mol. The van der Waals surface area contributed by atoms with Crippen LogP contribution in [0, 0.1) is 5.92 Å². The van der Waals surface area contributed by atoms with Gasteiger partial charge in [0.05, 0.1) is 18.3 Å². The molecule has 0 aliphatic carbocycles. The Hall–Kier alpha value is -1.52. The third kappa shape index (κ3) is 8.78. The number of rotatable bonds is 8. The number of nitrogens with zero attached hydrogens (tertiary/aromatic N) is 4. The summed E-state index contributed by atoms with van der Waals surface area (Å²) in [7, 11) is 1.96. The number of hydrogen-bond acceptors (Lipinski definition) is 4. The molecule has 1 unspecified atom stereocenters. The number of halogens is 1. The highest BCUT2D eigenvalue weighted by Crippen LogP contribution is 2.22. The highest BCUT2D eigenvalue weighted by Gasteiger charge is 2.31. The molecule has 0 radical (unpaired) electrons. The molecule has 1 saturated heterocycles. The molecule has 9 heteroatoms. The van der Waals surface area contributed by atoms with Crippen molar-refractivity contribution in [1.29, 1.82) is 0 Å². The molecule has 0 aromatic carbocycles. The molecule has 2 rings (SSSR count). The van der Waals surface area contributed by atoms with E-state index in [9.17, 15) is 4.79 Å². The first kappa shape index (κ1) is 28.5. The normalized spacial score (nSPS) is 17.2. The zero-order chi connectivity index (χ0) is 23.1. The molecular formula is C23H43IN6O2. The fourth-order valence-electron chi connectivity index (χ4n) is 3.96. The van der Waals surface area contributed by atoms with Gasteiger partial charge in [0.2, 0.25) is 0 Å². The van der Waals surface area contributed by atoms with Gasteiger partial charge < -0.3 is 20.3 Å². The van der Waals surface area contributed by atoms with Gasteiger partial charge in [-0.25, -0.2) is 4.79 Å². The van der Waals surface area contributed by atoms with Gasteiger partial charge in [-0.05, 0) is 64.9 Å². The SMILES string of the molecule is CCNC(=NCC(CC)(CC)NC(=O)OC(C)(C)C)N1CCC(Cc2cnn(C)c2)C1.I. The molecule has 1 amide bonds. The van der Waals surface area contributed by atoms with Crippen molar-refractivity contribution in [2.75, 3.05) is 26.2 Å². The molecule has 0 saturated carbocycles. The number of aromatic nitrogens is 2. The first-order valence-corrected chi connectivity index (χ1v) is 11.6. The molecule has 8 nitrogen and oxygen atoms in total. The molecule has 32 heavy (non-hydrogen) atoms. The van der Waals surface area contributed by atoms with Gasteiger partial charge in [0, 0.05) is 32.9 Å². The highest BCUT2D eigenvalue weighted by atomic mass is 127. The van der Waals surface area contributed by atoms with Crippen LogP contribution in [0.3, 0.4) is 0 Å². The highest BCUT2D eigenvalue weighted by molar-refractivity contribution is 14.0. The summed E-state index contributed by atoms with van der Waals surface area (Å²) in [6.07, 6.45) is 7.43. The van der Waals surface area contributed by atoms with Crippen molar-refractivity contribution in [3.63, 3.8) is 0 Å². The first-order valence-electron chi connectivity index (χ1n) is 11.6. The Labute approximate surface area is 211 Å². The van der Waals surface area contributed by atoms with Gasteiger partial charge in [-0.2, -0.15) is 5.10 Å². The van der Waals surface area contributed by atoms with Gasteiger partial charge in [-0.3, -0.25) is 9.67 Å². The molecule has 1 aromatic rings. The first-order chi connectivity index (χ1) is 14.6. The number of likely N-dealkylation sites (tertiary alicyclic amines) is 1. The number of aliphatic imine (C=N–C) groups is 1. The number of carbonyl (C=O) groups excluding carboxylic acids is 1. The molecule has 1 aliphatic heterocycles. The Kier molecular flexibility index (Phi) is 11.3. The minimum absolute atomic E-state index is 0. The lowest BCUT2D eigenvalue weighted by Gasteiger charge is -2.33. The predicted octanol–water partition coefficient (Wildman–Crippen LogP) is 3.95. The van der Waals surface area contributed by atoms with E-state index in [1.807, 2.05) is 38.7 Å². The van der Waals surface area contributed by atoms with Crippen molar-refractivity contribution in [3.05, 3.63) is 18.0 Å². The summed E-state index contributed by atoms with van der Waals surface area (Å²) in [4.78, 5) is 19.7. The minimum atomic E-state index is -0.520. The molecule has 1 fully saturated rings. The van der Waals surface area contributed by atoms with E-state index < -0.39 is 11.1 Å². The largest absolute Gasteiger partial charge is 0.444 e. The number of nitrogens with one attached hydrogen (secondary N) is 2. The van der Waals surface area contributed by atoms with Crippen LogP contribution in [0.5, 0.6) is 0 Å². The Morgan fingerprint density at radius 1 is 1.28 bits per heavy atom. The van der Waals surface area contributed by atoms with Crippen molar-refractivity contribution >= 4 is 36.0 Å². The number of aryl methyl sites for hydroxylation is 1. The Bertz CT molecular complexity index is 739. The number of amides is 1. The van der Waals surface area contributed by atoms with Crippen LogP contribution in [0.1, 0.15) is 66.4 Å². The van der Waals surface area contributed by atoms with Crippen LogP contribution >= 0.6 is 24.0 Å². The van der Waals surface area contributed by atoms with Gasteiger partial charge in [0.1, 0.15) is 5.60 Å². The fraction of sp³-hybridized carbons (Fsp3) is 0.783. The Morgan fingerprint density at radius 2 is 1.97 bits per heavy atom. The average molecular weight is 563 g/mol. The summed E-state index contributed by atoms with van der Waals surface area (Å²) in [6, 6.07) is 0. The molecule has 184 valence electrons. The average Bonchev–Trinajstić information content (AvgIpc) is 3.31. The lowest BCUT2D eigenvalue weighted by atomic mass is 9.93. The van der Waals surface area contributed by atoms with E-state index in [1.165, 1.54) is 5.56 Å². The third-order valence-electron chi connectivity index (χ3n) is 5.85. The number of hydrogen-bond donors (Lipinski definition) is 2. The number of alkyl carbamates (subject to hydrolysis) is 1. The maximum Gasteiger partial charge on any atom is 0.408 e. The lowest BCUT2D eigenvalue weighted by molar-refractivity contribution is 0.0451. The smallest absolute Gasteiger partial charge is 0.408 e. The maximum atomic E-state index is 12.4. The summed E-state index contributed by atoms with van der Waals surface area (Å²) < 4.78 is 7.35. The fourth-order valence-corrected chi connectivity index (χ4v) is 3.96. The second-order valence-corrected chi connectivity index (χ2v) is 9.61. The molecule has 1 atom stereocenters. The molecule has 0 bridgehead atoms. The molecule has 1 aromatic heterocycles. The van der Waals surface area contributed by atoms with E-state index in [0.717, 1.165) is 51.3 Å².